The Hall–Kier alpha value is -2.15. The van der Waals surface area contributed by atoms with Gasteiger partial charge in [0, 0.05) is 5.69 Å². The number of rotatable bonds is 3. The van der Waals surface area contributed by atoms with Gasteiger partial charge in [-0.05, 0) is 43.3 Å². The van der Waals surface area contributed by atoms with Gasteiger partial charge in [0.1, 0.15) is 5.41 Å². The number of aromatic nitrogens is 2. The van der Waals surface area contributed by atoms with E-state index in [2.05, 4.69) is 20.0 Å². The number of hydrogen-bond acceptors (Lipinski definition) is 4. The third kappa shape index (κ3) is 2.00. The van der Waals surface area contributed by atoms with Crippen LogP contribution in [-0.2, 0) is 14.3 Å². The third-order valence-electron chi connectivity index (χ3n) is 3.53. The van der Waals surface area contributed by atoms with Crippen LogP contribution in [0.5, 0.6) is 0 Å². The fraction of sp³-hybridized carbons (Fsp3) is 0.308. The van der Waals surface area contributed by atoms with E-state index in [9.17, 15) is 9.59 Å². The Kier molecular flexibility index (Phi) is 2.86. The SMILES string of the molecule is COC(=O)C1(C(=O)Nc2ccc3[nH]c(=S)[nH]c3c2)CC1. The summed E-state index contributed by atoms with van der Waals surface area (Å²) in [5, 5.41) is 2.75. The van der Waals surface area contributed by atoms with Crippen molar-refractivity contribution in [3.05, 3.63) is 23.0 Å². The van der Waals surface area contributed by atoms with E-state index in [1.165, 1.54) is 7.11 Å². The maximum absolute atomic E-state index is 12.2. The second kappa shape index (κ2) is 4.45. The largest absolute Gasteiger partial charge is 0.468 e. The van der Waals surface area contributed by atoms with Gasteiger partial charge >= 0.3 is 5.97 Å². The Morgan fingerprint density at radius 3 is 2.65 bits per heavy atom. The molecule has 1 fully saturated rings. The van der Waals surface area contributed by atoms with Crippen LogP contribution in [0, 0.1) is 10.2 Å². The number of anilines is 1. The molecule has 1 amide bonds. The zero-order valence-electron chi connectivity index (χ0n) is 10.8. The number of H-pyrrole nitrogens is 2. The van der Waals surface area contributed by atoms with Crippen molar-refractivity contribution in [2.75, 3.05) is 12.4 Å². The van der Waals surface area contributed by atoms with Crippen LogP contribution in [0.1, 0.15) is 12.8 Å². The Bertz CT molecular complexity index is 758. The molecule has 1 saturated carbocycles. The van der Waals surface area contributed by atoms with Crippen LogP contribution < -0.4 is 5.32 Å². The van der Waals surface area contributed by atoms with Crippen molar-refractivity contribution in [1.29, 1.82) is 0 Å². The molecule has 2 aromatic rings. The van der Waals surface area contributed by atoms with Crippen LogP contribution in [0.25, 0.3) is 11.0 Å². The standard InChI is InChI=1S/C13H13N3O3S/c1-19-11(18)13(4-5-13)10(17)14-7-2-3-8-9(6-7)16-12(20)15-8/h2-3,6H,4-5H2,1H3,(H,14,17)(H2,15,16,20). The van der Waals surface area contributed by atoms with Gasteiger partial charge < -0.3 is 20.0 Å². The fourth-order valence-electron chi connectivity index (χ4n) is 2.21. The van der Waals surface area contributed by atoms with Gasteiger partial charge in [-0.15, -0.1) is 0 Å². The van der Waals surface area contributed by atoms with Crippen molar-refractivity contribution in [3.63, 3.8) is 0 Å². The number of esters is 1. The number of carbonyl (C=O) groups is 2. The molecular formula is C13H13N3O3S. The smallest absolute Gasteiger partial charge is 0.321 e. The molecule has 3 rings (SSSR count). The maximum atomic E-state index is 12.2. The average Bonchev–Trinajstić information content (AvgIpc) is 3.15. The zero-order chi connectivity index (χ0) is 14.3. The highest BCUT2D eigenvalue weighted by Crippen LogP contribution is 2.47. The van der Waals surface area contributed by atoms with E-state index < -0.39 is 11.4 Å². The minimum Gasteiger partial charge on any atom is -0.468 e. The Morgan fingerprint density at radius 1 is 1.30 bits per heavy atom. The molecule has 1 aliphatic rings. The normalized spacial score (nSPS) is 15.8. The number of aromatic amines is 2. The molecule has 0 saturated heterocycles. The van der Waals surface area contributed by atoms with E-state index in [0.29, 0.717) is 23.3 Å². The van der Waals surface area contributed by atoms with Crippen LogP contribution in [0.4, 0.5) is 5.69 Å². The van der Waals surface area contributed by atoms with Crippen LogP contribution in [0.15, 0.2) is 18.2 Å². The van der Waals surface area contributed by atoms with Gasteiger partial charge in [0.25, 0.3) is 0 Å². The van der Waals surface area contributed by atoms with Crippen LogP contribution in [0.2, 0.25) is 0 Å². The molecular weight excluding hydrogens is 278 g/mol. The van der Waals surface area contributed by atoms with E-state index in [1.807, 2.05) is 6.07 Å². The lowest BCUT2D eigenvalue weighted by atomic mass is 10.1. The van der Waals surface area contributed by atoms with Crippen molar-refractivity contribution < 1.29 is 14.3 Å². The quantitative estimate of drug-likeness (QED) is 0.459. The molecule has 0 bridgehead atoms. The lowest BCUT2D eigenvalue weighted by Crippen LogP contribution is -2.32. The summed E-state index contributed by atoms with van der Waals surface area (Å²) in [5.74, 6) is -0.796. The summed E-state index contributed by atoms with van der Waals surface area (Å²) in [6, 6.07) is 5.34. The number of hydrogen-bond donors (Lipinski definition) is 3. The second-order valence-electron chi connectivity index (χ2n) is 4.87. The molecule has 0 atom stereocenters. The summed E-state index contributed by atoms with van der Waals surface area (Å²) in [7, 11) is 1.29. The first-order valence-corrected chi connectivity index (χ1v) is 6.58. The maximum Gasteiger partial charge on any atom is 0.321 e. The van der Waals surface area contributed by atoms with Gasteiger partial charge in [-0.3, -0.25) is 9.59 Å². The number of methoxy groups -OCH3 is 1. The summed E-state index contributed by atoms with van der Waals surface area (Å²) in [6.45, 7) is 0. The van der Waals surface area contributed by atoms with Crippen molar-refractivity contribution in [3.8, 4) is 0 Å². The average molecular weight is 291 g/mol. The number of amides is 1. The highest BCUT2D eigenvalue weighted by molar-refractivity contribution is 7.71. The van der Waals surface area contributed by atoms with Gasteiger partial charge in [-0.1, -0.05) is 0 Å². The van der Waals surface area contributed by atoms with E-state index in [0.717, 1.165) is 11.0 Å². The van der Waals surface area contributed by atoms with Crippen LogP contribution in [0.3, 0.4) is 0 Å². The van der Waals surface area contributed by atoms with E-state index in [1.54, 1.807) is 12.1 Å². The van der Waals surface area contributed by atoms with Crippen LogP contribution in [-0.4, -0.2) is 29.0 Å². The molecule has 0 aliphatic heterocycles. The molecule has 6 nitrogen and oxygen atoms in total. The Labute approximate surface area is 119 Å². The predicted molar refractivity (Wildman–Crippen MR) is 75.8 cm³/mol. The molecule has 1 aromatic carbocycles. The Balaban J connectivity index is 1.84. The molecule has 0 spiro atoms. The second-order valence-corrected chi connectivity index (χ2v) is 5.28. The summed E-state index contributed by atoms with van der Waals surface area (Å²) < 4.78 is 5.21. The first-order valence-electron chi connectivity index (χ1n) is 6.17. The minimum atomic E-state index is -1.01. The monoisotopic (exact) mass is 291 g/mol. The summed E-state index contributed by atoms with van der Waals surface area (Å²) in [6.07, 6.45) is 1.06. The third-order valence-corrected chi connectivity index (χ3v) is 3.74. The zero-order valence-corrected chi connectivity index (χ0v) is 11.6. The highest BCUT2D eigenvalue weighted by atomic mass is 32.1. The number of ether oxygens (including phenoxy) is 1. The molecule has 7 heteroatoms. The minimum absolute atomic E-state index is 0.321. The number of carbonyl (C=O) groups excluding carboxylic acids is 2. The molecule has 104 valence electrons. The van der Waals surface area contributed by atoms with E-state index in [-0.39, 0.29) is 5.91 Å². The number of benzene rings is 1. The van der Waals surface area contributed by atoms with Gasteiger partial charge in [-0.2, -0.15) is 0 Å². The van der Waals surface area contributed by atoms with E-state index >= 15 is 0 Å². The van der Waals surface area contributed by atoms with Crippen molar-refractivity contribution in [2.45, 2.75) is 12.8 Å². The van der Waals surface area contributed by atoms with Crippen molar-refractivity contribution in [1.82, 2.24) is 9.97 Å². The first-order chi connectivity index (χ1) is 9.55. The Morgan fingerprint density at radius 2 is 2.00 bits per heavy atom. The van der Waals surface area contributed by atoms with Gasteiger partial charge in [-0.25, -0.2) is 0 Å². The molecule has 1 aliphatic carbocycles. The van der Waals surface area contributed by atoms with Gasteiger partial charge in [0.15, 0.2) is 4.77 Å². The lowest BCUT2D eigenvalue weighted by molar-refractivity contribution is -0.150. The lowest BCUT2D eigenvalue weighted by Gasteiger charge is -2.12. The molecule has 1 heterocycles. The highest BCUT2D eigenvalue weighted by Gasteiger charge is 2.57. The van der Waals surface area contributed by atoms with Crippen LogP contribution >= 0.6 is 12.2 Å². The first kappa shape index (κ1) is 12.9. The number of fused-ring (bicyclic) bond motifs is 1. The molecule has 0 radical (unpaired) electrons. The van der Waals surface area contributed by atoms with Gasteiger partial charge in [0.2, 0.25) is 5.91 Å². The topological polar surface area (TPSA) is 87.0 Å². The van der Waals surface area contributed by atoms with Crippen molar-refractivity contribution >= 4 is 40.8 Å². The summed E-state index contributed by atoms with van der Waals surface area (Å²) in [5.41, 5.74) is 1.27. The summed E-state index contributed by atoms with van der Waals surface area (Å²) >= 11 is 5.00. The molecule has 3 N–H and O–H groups in total. The molecule has 20 heavy (non-hydrogen) atoms. The van der Waals surface area contributed by atoms with Gasteiger partial charge in [0.05, 0.1) is 18.1 Å². The van der Waals surface area contributed by atoms with Crippen molar-refractivity contribution in [2.24, 2.45) is 5.41 Å². The number of imidazole rings is 1. The predicted octanol–water partition coefficient (Wildman–Crippen LogP) is 2.12. The number of nitrogens with one attached hydrogen (secondary N) is 3. The fourth-order valence-corrected chi connectivity index (χ4v) is 2.43. The molecule has 1 aromatic heterocycles. The summed E-state index contributed by atoms with van der Waals surface area (Å²) in [4.78, 5) is 29.8. The molecule has 0 unspecified atom stereocenters. The van der Waals surface area contributed by atoms with E-state index in [4.69, 9.17) is 12.2 Å².